The molecule has 1 fully saturated rings. The van der Waals surface area contributed by atoms with Crippen LogP contribution in [0.3, 0.4) is 0 Å². The third-order valence-corrected chi connectivity index (χ3v) is 5.32. The zero-order valence-corrected chi connectivity index (χ0v) is 15.6. The Morgan fingerprint density at radius 1 is 1.38 bits per heavy atom. The SMILES string of the molecule is CN(C)[C@@H](CNC(=O)c1ccc(NC2CC2)c([N+](=O)[O-])c1)c1cccs1. The topological polar surface area (TPSA) is 87.5 Å². The summed E-state index contributed by atoms with van der Waals surface area (Å²) >= 11 is 1.64. The number of hydrogen-bond acceptors (Lipinski definition) is 6. The first kappa shape index (κ1) is 18.3. The number of carbonyl (C=O) groups is 1. The summed E-state index contributed by atoms with van der Waals surface area (Å²) < 4.78 is 0. The first-order valence-corrected chi connectivity index (χ1v) is 9.36. The van der Waals surface area contributed by atoms with Crippen molar-refractivity contribution in [3.8, 4) is 0 Å². The maximum atomic E-state index is 12.5. The molecule has 1 aliphatic carbocycles. The van der Waals surface area contributed by atoms with E-state index in [1.807, 2.05) is 36.5 Å². The molecule has 0 saturated heterocycles. The van der Waals surface area contributed by atoms with Gasteiger partial charge in [0.2, 0.25) is 0 Å². The van der Waals surface area contributed by atoms with Crippen LogP contribution >= 0.6 is 11.3 Å². The van der Waals surface area contributed by atoms with Crippen molar-refractivity contribution < 1.29 is 9.72 Å². The average Bonchev–Trinajstić information content (AvgIpc) is 3.25. The number of nitro groups is 1. The molecule has 1 aliphatic rings. The smallest absolute Gasteiger partial charge is 0.293 e. The van der Waals surface area contributed by atoms with Gasteiger partial charge in [0.15, 0.2) is 0 Å². The van der Waals surface area contributed by atoms with E-state index >= 15 is 0 Å². The molecular formula is C18H22N4O3S. The summed E-state index contributed by atoms with van der Waals surface area (Å²) in [6.07, 6.45) is 2.04. The predicted octanol–water partition coefficient (Wildman–Crippen LogP) is 3.26. The quantitative estimate of drug-likeness (QED) is 0.547. The number of nitro benzene ring substituents is 1. The lowest BCUT2D eigenvalue weighted by atomic mass is 10.1. The van der Waals surface area contributed by atoms with Gasteiger partial charge in [-0.05, 0) is 50.5 Å². The Labute approximate surface area is 156 Å². The fourth-order valence-corrected chi connectivity index (χ4v) is 3.63. The van der Waals surface area contributed by atoms with Gasteiger partial charge < -0.3 is 15.5 Å². The molecule has 138 valence electrons. The zero-order valence-electron chi connectivity index (χ0n) is 14.8. The van der Waals surface area contributed by atoms with Crippen molar-refractivity contribution in [3.05, 3.63) is 56.3 Å². The molecule has 1 aromatic carbocycles. The third kappa shape index (κ3) is 4.39. The highest BCUT2D eigenvalue weighted by Crippen LogP contribution is 2.31. The molecule has 1 heterocycles. The number of anilines is 1. The van der Waals surface area contributed by atoms with Gasteiger partial charge in [-0.2, -0.15) is 0 Å². The van der Waals surface area contributed by atoms with E-state index in [-0.39, 0.29) is 17.6 Å². The second-order valence-electron chi connectivity index (χ2n) is 6.61. The molecule has 7 nitrogen and oxygen atoms in total. The molecule has 2 N–H and O–H groups in total. The molecule has 0 spiro atoms. The third-order valence-electron chi connectivity index (χ3n) is 4.34. The molecule has 8 heteroatoms. The molecule has 2 aromatic rings. The van der Waals surface area contributed by atoms with Crippen LogP contribution in [0.2, 0.25) is 0 Å². The molecule has 1 saturated carbocycles. The van der Waals surface area contributed by atoms with E-state index in [1.54, 1.807) is 23.5 Å². The standard InChI is InChI=1S/C18H22N4O3S/c1-21(2)16(17-4-3-9-26-17)11-19-18(23)12-5-8-14(20-13-6-7-13)15(10-12)22(24)25/h3-5,8-10,13,16,20H,6-7,11H2,1-2H3,(H,19,23)/t16-/m0/s1. The molecule has 0 bridgehead atoms. The van der Waals surface area contributed by atoms with Gasteiger partial charge in [-0.1, -0.05) is 6.07 Å². The molecule has 1 atom stereocenters. The van der Waals surface area contributed by atoms with Crippen molar-refractivity contribution in [2.45, 2.75) is 24.9 Å². The summed E-state index contributed by atoms with van der Waals surface area (Å²) in [7, 11) is 3.92. The van der Waals surface area contributed by atoms with Crippen LogP contribution in [0.5, 0.6) is 0 Å². The highest BCUT2D eigenvalue weighted by atomic mass is 32.1. The van der Waals surface area contributed by atoms with Crippen molar-refractivity contribution in [1.29, 1.82) is 0 Å². The van der Waals surface area contributed by atoms with Crippen molar-refractivity contribution in [2.75, 3.05) is 26.0 Å². The van der Waals surface area contributed by atoms with Gasteiger partial charge in [0, 0.05) is 29.1 Å². The van der Waals surface area contributed by atoms with Gasteiger partial charge in [0.25, 0.3) is 11.6 Å². The van der Waals surface area contributed by atoms with Crippen LogP contribution in [0.1, 0.15) is 34.1 Å². The fraction of sp³-hybridized carbons (Fsp3) is 0.389. The van der Waals surface area contributed by atoms with Crippen LogP contribution < -0.4 is 10.6 Å². The molecular weight excluding hydrogens is 352 g/mol. The van der Waals surface area contributed by atoms with E-state index in [0.29, 0.717) is 23.8 Å². The van der Waals surface area contributed by atoms with Crippen molar-refractivity contribution in [2.24, 2.45) is 0 Å². The number of rotatable bonds is 8. The number of nitrogens with one attached hydrogen (secondary N) is 2. The Morgan fingerprint density at radius 2 is 2.15 bits per heavy atom. The Balaban J connectivity index is 1.70. The molecule has 0 aliphatic heterocycles. The highest BCUT2D eigenvalue weighted by molar-refractivity contribution is 7.10. The Bertz CT molecular complexity index is 788. The largest absolute Gasteiger partial charge is 0.377 e. The van der Waals surface area contributed by atoms with Crippen LogP contribution in [0.25, 0.3) is 0 Å². The van der Waals surface area contributed by atoms with Gasteiger partial charge in [-0.15, -0.1) is 11.3 Å². The average molecular weight is 374 g/mol. The fourth-order valence-electron chi connectivity index (χ4n) is 2.70. The highest BCUT2D eigenvalue weighted by Gasteiger charge is 2.26. The normalized spacial score (nSPS) is 14.9. The van der Waals surface area contributed by atoms with E-state index < -0.39 is 4.92 Å². The number of nitrogens with zero attached hydrogens (tertiary/aromatic N) is 2. The van der Waals surface area contributed by atoms with Crippen LogP contribution in [-0.2, 0) is 0 Å². The first-order valence-electron chi connectivity index (χ1n) is 8.48. The van der Waals surface area contributed by atoms with E-state index in [1.165, 1.54) is 6.07 Å². The Kier molecular flexibility index (Phi) is 5.53. The van der Waals surface area contributed by atoms with E-state index in [0.717, 1.165) is 17.7 Å². The summed E-state index contributed by atoms with van der Waals surface area (Å²) in [6.45, 7) is 0.433. The number of likely N-dealkylation sites (N-methyl/N-ethyl adjacent to an activating group) is 1. The molecule has 26 heavy (non-hydrogen) atoms. The van der Waals surface area contributed by atoms with Crippen LogP contribution in [-0.4, -0.2) is 42.4 Å². The van der Waals surface area contributed by atoms with Crippen LogP contribution in [0.15, 0.2) is 35.7 Å². The second kappa shape index (κ2) is 7.84. The number of hydrogen-bond donors (Lipinski definition) is 2. The number of thiophene rings is 1. The summed E-state index contributed by atoms with van der Waals surface area (Å²) in [4.78, 5) is 26.6. The maximum Gasteiger partial charge on any atom is 0.293 e. The van der Waals surface area contributed by atoms with Gasteiger partial charge in [0.05, 0.1) is 11.0 Å². The monoisotopic (exact) mass is 374 g/mol. The Hall–Kier alpha value is -2.45. The number of benzene rings is 1. The minimum atomic E-state index is -0.449. The van der Waals surface area contributed by atoms with Crippen molar-refractivity contribution in [1.82, 2.24) is 10.2 Å². The lowest BCUT2D eigenvalue weighted by Crippen LogP contribution is -2.34. The lowest BCUT2D eigenvalue weighted by molar-refractivity contribution is -0.384. The van der Waals surface area contributed by atoms with E-state index in [2.05, 4.69) is 10.6 Å². The number of amides is 1. The van der Waals surface area contributed by atoms with Crippen molar-refractivity contribution >= 4 is 28.6 Å². The summed E-state index contributed by atoms with van der Waals surface area (Å²) in [5.41, 5.74) is 0.701. The molecule has 0 unspecified atom stereocenters. The Morgan fingerprint density at radius 3 is 2.73 bits per heavy atom. The molecule has 3 rings (SSSR count). The second-order valence-corrected chi connectivity index (χ2v) is 7.59. The van der Waals surface area contributed by atoms with Crippen LogP contribution in [0, 0.1) is 10.1 Å². The minimum absolute atomic E-state index is 0.0599. The lowest BCUT2D eigenvalue weighted by Gasteiger charge is -2.23. The van der Waals surface area contributed by atoms with Gasteiger partial charge >= 0.3 is 0 Å². The van der Waals surface area contributed by atoms with Crippen molar-refractivity contribution in [3.63, 3.8) is 0 Å². The molecule has 1 aromatic heterocycles. The maximum absolute atomic E-state index is 12.5. The predicted molar refractivity (Wildman–Crippen MR) is 103 cm³/mol. The first-order chi connectivity index (χ1) is 12.5. The van der Waals surface area contributed by atoms with E-state index in [4.69, 9.17) is 0 Å². The number of carbonyl (C=O) groups excluding carboxylic acids is 1. The van der Waals surface area contributed by atoms with E-state index in [9.17, 15) is 14.9 Å². The summed E-state index contributed by atoms with van der Waals surface area (Å²) in [5.74, 6) is -0.311. The van der Waals surface area contributed by atoms with Gasteiger partial charge in [0.1, 0.15) is 5.69 Å². The van der Waals surface area contributed by atoms with Gasteiger partial charge in [-0.25, -0.2) is 0 Å². The summed E-state index contributed by atoms with van der Waals surface area (Å²) in [6, 6.07) is 8.97. The summed E-state index contributed by atoms with van der Waals surface area (Å²) in [5, 5.41) is 19.4. The molecule has 0 radical (unpaired) electrons. The zero-order chi connectivity index (χ0) is 18.7. The van der Waals surface area contributed by atoms with Crippen LogP contribution in [0.4, 0.5) is 11.4 Å². The van der Waals surface area contributed by atoms with Gasteiger partial charge in [-0.3, -0.25) is 14.9 Å². The molecule has 1 amide bonds. The minimum Gasteiger partial charge on any atom is -0.377 e.